The number of benzene rings is 7. The monoisotopic (exact) mass is 1150 g/mol. The highest BCUT2D eigenvalue weighted by atomic mass is 79.9. The molecule has 0 aliphatic carbocycles. The van der Waals surface area contributed by atoms with Crippen molar-refractivity contribution in [2.75, 3.05) is 61.0 Å². The number of fused-ring (bicyclic) bond motifs is 4. The van der Waals surface area contributed by atoms with Gasteiger partial charge < -0.3 is 50.3 Å². The number of anilines is 4. The average Bonchev–Trinajstić information content (AvgIpc) is 3.62. The van der Waals surface area contributed by atoms with Gasteiger partial charge in [0.25, 0.3) is 23.6 Å². The van der Waals surface area contributed by atoms with Crippen LogP contribution in [-0.4, -0.2) is 101 Å². The summed E-state index contributed by atoms with van der Waals surface area (Å²) < 4.78 is 13.5. The molecular formula is C58H56Br2N8O8. The Morgan fingerprint density at radius 1 is 0.539 bits per heavy atom. The van der Waals surface area contributed by atoms with E-state index in [1.165, 1.54) is 9.80 Å². The summed E-state index contributed by atoms with van der Waals surface area (Å²) in [4.78, 5) is 93.4. The van der Waals surface area contributed by atoms with Crippen molar-refractivity contribution < 1.29 is 38.2 Å². The van der Waals surface area contributed by atoms with Gasteiger partial charge in [-0.25, -0.2) is 0 Å². The second kappa shape index (κ2) is 22.7. The van der Waals surface area contributed by atoms with Crippen molar-refractivity contribution in [1.29, 1.82) is 0 Å². The molecule has 2 heterocycles. The van der Waals surface area contributed by atoms with Crippen molar-refractivity contribution in [1.82, 2.24) is 21.3 Å². The van der Waals surface area contributed by atoms with Crippen molar-refractivity contribution in [3.8, 4) is 11.5 Å². The van der Waals surface area contributed by atoms with Gasteiger partial charge in [0.15, 0.2) is 0 Å². The number of nitrogens with one attached hydrogen (secondary N) is 4. The molecule has 0 bridgehead atoms. The van der Waals surface area contributed by atoms with Gasteiger partial charge in [-0.15, -0.1) is 0 Å². The third kappa shape index (κ3) is 10.5. The van der Waals surface area contributed by atoms with Crippen LogP contribution in [0.3, 0.4) is 0 Å². The Morgan fingerprint density at radius 2 is 0.908 bits per heavy atom. The molecule has 4 atom stereocenters. The first kappa shape index (κ1) is 53.2. The quantitative estimate of drug-likeness (QED) is 0.0831. The van der Waals surface area contributed by atoms with E-state index in [1.54, 1.807) is 125 Å². The first-order valence-electron chi connectivity index (χ1n) is 24.6. The zero-order chi connectivity index (χ0) is 53.9. The Bertz CT molecular complexity index is 3210. The largest absolute Gasteiger partial charge is 0.496 e. The molecule has 7 aromatic rings. The van der Waals surface area contributed by atoms with Crippen LogP contribution in [-0.2, 0) is 32.3 Å². The Kier molecular flexibility index (Phi) is 15.9. The number of methoxy groups -OCH3 is 2. The van der Waals surface area contributed by atoms with Gasteiger partial charge in [-0.1, -0.05) is 80.4 Å². The Labute approximate surface area is 456 Å². The van der Waals surface area contributed by atoms with Gasteiger partial charge in [0.1, 0.15) is 23.6 Å². The van der Waals surface area contributed by atoms with E-state index in [1.807, 2.05) is 60.7 Å². The Morgan fingerprint density at radius 3 is 1.26 bits per heavy atom. The third-order valence-electron chi connectivity index (χ3n) is 14.1. The first-order valence-corrected chi connectivity index (χ1v) is 26.2. The summed E-state index contributed by atoms with van der Waals surface area (Å²) in [6, 6.07) is 35.9. The van der Waals surface area contributed by atoms with Crippen LogP contribution in [0.5, 0.6) is 11.5 Å². The lowest BCUT2D eigenvalue weighted by atomic mass is 10.0. The highest BCUT2D eigenvalue weighted by Gasteiger charge is 2.40. The second-order valence-corrected chi connectivity index (χ2v) is 20.4. The molecule has 2 aliphatic heterocycles. The van der Waals surface area contributed by atoms with Crippen LogP contribution in [0.15, 0.2) is 142 Å². The first-order chi connectivity index (χ1) is 36.6. The minimum atomic E-state index is -1.19. The fraction of sp³-hybridized carbons (Fsp3) is 0.241. The molecule has 2 aliphatic rings. The number of nitrogens with zero attached hydrogens (tertiary/aromatic N) is 4. The molecule has 0 aromatic heterocycles. The molecule has 4 N–H and O–H groups in total. The van der Waals surface area contributed by atoms with E-state index >= 15 is 9.59 Å². The van der Waals surface area contributed by atoms with Crippen LogP contribution in [0.2, 0.25) is 0 Å². The van der Waals surface area contributed by atoms with E-state index in [4.69, 9.17) is 9.47 Å². The molecule has 18 heteroatoms. The fourth-order valence-corrected chi connectivity index (χ4v) is 10.5. The molecule has 6 amide bonds. The molecular weight excluding hydrogens is 1100 g/mol. The van der Waals surface area contributed by atoms with Crippen LogP contribution >= 0.6 is 31.9 Å². The van der Waals surface area contributed by atoms with Crippen molar-refractivity contribution >= 4 is 112 Å². The maximum Gasteiger partial charge on any atom is 0.258 e. The minimum Gasteiger partial charge on any atom is -0.496 e. The summed E-state index contributed by atoms with van der Waals surface area (Å²) in [5.74, 6) is -1.62. The van der Waals surface area contributed by atoms with Gasteiger partial charge in [0, 0.05) is 31.2 Å². The number of para-hydroxylation sites is 4. The second-order valence-electron chi connectivity index (χ2n) is 18.6. The summed E-state index contributed by atoms with van der Waals surface area (Å²) in [5.41, 5.74) is 3.57. The number of likely N-dealkylation sites (N-methyl/N-ethyl adjacent to an activating group) is 2. The minimum absolute atomic E-state index is 0.0440. The zero-order valence-electron chi connectivity index (χ0n) is 42.7. The molecule has 0 radical (unpaired) electrons. The van der Waals surface area contributed by atoms with Gasteiger partial charge in [0.2, 0.25) is 11.8 Å². The van der Waals surface area contributed by atoms with Crippen LogP contribution in [0, 0.1) is 0 Å². The molecule has 390 valence electrons. The van der Waals surface area contributed by atoms with E-state index in [0.29, 0.717) is 34.2 Å². The Balaban J connectivity index is 1.07. The molecule has 76 heavy (non-hydrogen) atoms. The topological polar surface area (TPSA) is 182 Å². The molecule has 0 spiro atoms. The summed E-state index contributed by atoms with van der Waals surface area (Å²) in [6.45, 7) is 3.00. The van der Waals surface area contributed by atoms with Crippen molar-refractivity contribution in [3.05, 3.63) is 165 Å². The van der Waals surface area contributed by atoms with Gasteiger partial charge in [-0.05, 0) is 134 Å². The number of carbonyl (C=O) groups is 6. The number of ether oxygens (including phenoxy) is 2. The highest BCUT2D eigenvalue weighted by Crippen LogP contribution is 2.40. The Hall–Kier alpha value is -7.64. The smallest absolute Gasteiger partial charge is 0.258 e. The van der Waals surface area contributed by atoms with Gasteiger partial charge >= 0.3 is 0 Å². The molecule has 0 saturated heterocycles. The normalized spacial score (nSPS) is 16.3. The van der Waals surface area contributed by atoms with Crippen LogP contribution in [0.25, 0.3) is 21.5 Å². The fourth-order valence-electron chi connectivity index (χ4n) is 9.74. The molecule has 9 rings (SSSR count). The van der Waals surface area contributed by atoms with Gasteiger partial charge in [-0.2, -0.15) is 0 Å². The van der Waals surface area contributed by atoms with Crippen molar-refractivity contribution in [3.63, 3.8) is 0 Å². The summed E-state index contributed by atoms with van der Waals surface area (Å²) in [6.07, 6.45) is 0. The van der Waals surface area contributed by atoms with E-state index < -0.39 is 59.6 Å². The number of halogens is 2. The predicted molar refractivity (Wildman–Crippen MR) is 302 cm³/mol. The molecule has 7 aromatic carbocycles. The lowest BCUT2D eigenvalue weighted by Crippen LogP contribution is -2.55. The maximum absolute atomic E-state index is 15.1. The van der Waals surface area contributed by atoms with Crippen molar-refractivity contribution in [2.45, 2.75) is 51.1 Å². The maximum atomic E-state index is 15.1. The lowest BCUT2D eigenvalue weighted by Gasteiger charge is -2.27. The predicted octanol–water partition coefficient (Wildman–Crippen LogP) is 8.11. The van der Waals surface area contributed by atoms with E-state index in [-0.39, 0.29) is 37.3 Å². The number of carbonyl (C=O) groups excluding carboxylic acids is 6. The number of hydrogen-bond acceptors (Lipinski definition) is 10. The SMILES string of the molecule is CNC(C)C(=O)NC1CN(C(=O)c2ccc(C(=O)N3CC(NC(=O)C(C)NC)C(=O)N(Cc4c(OC)ccc5cc(Br)ccc45)c4ccccc43)cc2)c2ccccc2N(Cc2c(OC)ccc3cc(Br)ccc23)C1=O. The number of amides is 6. The third-order valence-corrected chi connectivity index (χ3v) is 15.1. The highest BCUT2D eigenvalue weighted by molar-refractivity contribution is 9.10. The standard InChI is InChI=1S/C58H56Br2N8O8/c1-33(61-3)53(69)63-45-31-67(49-13-9-7-11-47(49)65(57(45)73)29-43-41-23-21-39(59)27-37(41)19-25-51(43)75-5)55(71)35-15-17-36(18-16-35)56(72)68-32-46(64-54(70)34(2)62-4)58(74)66(48-12-8-10-14-50(48)68)30-44-42-24-22-40(60)28-38(42)20-26-52(44)76-6/h7-28,33-34,45-46,61-62H,29-32H2,1-6H3,(H,63,69)(H,64,70). The van der Waals surface area contributed by atoms with Crippen LogP contribution in [0.4, 0.5) is 22.7 Å². The summed E-state index contributed by atoms with van der Waals surface area (Å²) in [5, 5.41) is 15.2. The molecule has 0 saturated carbocycles. The van der Waals surface area contributed by atoms with E-state index in [9.17, 15) is 19.2 Å². The summed E-state index contributed by atoms with van der Waals surface area (Å²) >= 11 is 7.14. The lowest BCUT2D eigenvalue weighted by molar-refractivity contribution is -0.128. The molecule has 4 unspecified atom stereocenters. The summed E-state index contributed by atoms with van der Waals surface area (Å²) in [7, 11) is 6.42. The van der Waals surface area contributed by atoms with Gasteiger partial charge in [0.05, 0.1) is 75.2 Å². The van der Waals surface area contributed by atoms with Crippen molar-refractivity contribution in [2.24, 2.45) is 0 Å². The number of hydrogen-bond donors (Lipinski definition) is 4. The zero-order valence-corrected chi connectivity index (χ0v) is 45.8. The molecule has 0 fully saturated rings. The van der Waals surface area contributed by atoms with E-state index in [2.05, 4.69) is 53.1 Å². The van der Waals surface area contributed by atoms with Crippen LogP contribution in [0.1, 0.15) is 45.7 Å². The molecule has 16 nitrogen and oxygen atoms in total. The van der Waals surface area contributed by atoms with Crippen LogP contribution < -0.4 is 50.3 Å². The average molecular weight is 1150 g/mol. The number of rotatable bonds is 14. The van der Waals surface area contributed by atoms with E-state index in [0.717, 1.165) is 41.6 Å². The van der Waals surface area contributed by atoms with Gasteiger partial charge in [-0.3, -0.25) is 28.8 Å².